The largest absolute Gasteiger partial charge is 0.497 e. The minimum absolute atomic E-state index is 0.234. The average molecular weight is 457 g/mol. The fourth-order valence-electron chi connectivity index (χ4n) is 4.58. The maximum atomic E-state index is 13.9. The second kappa shape index (κ2) is 8.45. The van der Waals surface area contributed by atoms with Gasteiger partial charge in [-0.05, 0) is 59.0 Å². The standard InChI is InChI=1S/C28H25FN2O3/c1-17(2)19-6-8-20(9-7-19)26-28(33)31-24-13-10-22(29)14-21(24)15-25(31)27(32)30(26)16-18-4-11-23(34-3)12-5-18/h4-15,17,26H,16H2,1-3H3. The number of hydrogen-bond donors (Lipinski definition) is 0. The van der Waals surface area contributed by atoms with Gasteiger partial charge in [-0.15, -0.1) is 0 Å². The minimum atomic E-state index is -0.802. The van der Waals surface area contributed by atoms with Gasteiger partial charge in [0.2, 0.25) is 0 Å². The molecule has 1 amide bonds. The predicted octanol–water partition coefficient (Wildman–Crippen LogP) is 5.95. The molecule has 4 aromatic rings. The number of hydrogen-bond acceptors (Lipinski definition) is 3. The van der Waals surface area contributed by atoms with Gasteiger partial charge in [0.25, 0.3) is 11.8 Å². The highest BCUT2D eigenvalue weighted by Crippen LogP contribution is 2.35. The van der Waals surface area contributed by atoms with E-state index in [4.69, 9.17) is 4.74 Å². The molecule has 5 rings (SSSR count). The summed E-state index contributed by atoms with van der Waals surface area (Å²) in [7, 11) is 1.60. The molecule has 0 N–H and O–H groups in total. The Kier molecular flexibility index (Phi) is 5.44. The number of fused-ring (bicyclic) bond motifs is 3. The van der Waals surface area contributed by atoms with Crippen LogP contribution < -0.4 is 4.74 Å². The zero-order valence-electron chi connectivity index (χ0n) is 19.3. The summed E-state index contributed by atoms with van der Waals surface area (Å²) in [5, 5.41) is 0.525. The summed E-state index contributed by atoms with van der Waals surface area (Å²) in [5.41, 5.74) is 3.55. The molecule has 5 nitrogen and oxygen atoms in total. The zero-order chi connectivity index (χ0) is 24.0. The highest BCUT2D eigenvalue weighted by molar-refractivity contribution is 6.10. The maximum Gasteiger partial charge on any atom is 0.272 e. The molecule has 0 bridgehead atoms. The Balaban J connectivity index is 1.63. The lowest BCUT2D eigenvalue weighted by Crippen LogP contribution is -2.46. The van der Waals surface area contributed by atoms with Gasteiger partial charge in [0.05, 0.1) is 12.6 Å². The number of carbonyl (C=O) groups is 2. The smallest absolute Gasteiger partial charge is 0.272 e. The first-order valence-corrected chi connectivity index (χ1v) is 11.3. The molecule has 3 aromatic carbocycles. The van der Waals surface area contributed by atoms with Crippen LogP contribution in [0.3, 0.4) is 0 Å². The molecule has 0 saturated heterocycles. The van der Waals surface area contributed by atoms with E-state index in [2.05, 4.69) is 13.8 Å². The third kappa shape index (κ3) is 3.65. The molecule has 34 heavy (non-hydrogen) atoms. The molecule has 1 aliphatic heterocycles. The lowest BCUT2D eigenvalue weighted by molar-refractivity contribution is 0.0489. The van der Waals surface area contributed by atoms with Crippen molar-refractivity contribution in [1.82, 2.24) is 9.47 Å². The summed E-state index contributed by atoms with van der Waals surface area (Å²) in [6, 6.07) is 20.3. The maximum absolute atomic E-state index is 13.9. The van der Waals surface area contributed by atoms with Crippen LogP contribution in [0.15, 0.2) is 72.8 Å². The molecule has 1 atom stereocenters. The molecule has 1 aromatic heterocycles. The van der Waals surface area contributed by atoms with Crippen LogP contribution in [0, 0.1) is 5.82 Å². The molecule has 172 valence electrons. The van der Waals surface area contributed by atoms with Gasteiger partial charge in [-0.1, -0.05) is 50.2 Å². The quantitative estimate of drug-likeness (QED) is 0.373. The van der Waals surface area contributed by atoms with Crippen molar-refractivity contribution in [3.63, 3.8) is 0 Å². The number of rotatable bonds is 5. The third-order valence-electron chi connectivity index (χ3n) is 6.44. The number of amides is 1. The number of nitrogens with zero attached hydrogens (tertiary/aromatic N) is 2. The molecule has 0 saturated carbocycles. The second-order valence-corrected chi connectivity index (χ2v) is 8.91. The van der Waals surface area contributed by atoms with Gasteiger partial charge < -0.3 is 9.64 Å². The van der Waals surface area contributed by atoms with Crippen LogP contribution in [-0.2, 0) is 6.54 Å². The summed E-state index contributed by atoms with van der Waals surface area (Å²) >= 11 is 0. The highest BCUT2D eigenvalue weighted by Gasteiger charge is 2.41. The summed E-state index contributed by atoms with van der Waals surface area (Å²) in [6.07, 6.45) is 0. The van der Waals surface area contributed by atoms with E-state index in [1.54, 1.807) is 24.1 Å². The van der Waals surface area contributed by atoms with Gasteiger partial charge in [0.15, 0.2) is 0 Å². The van der Waals surface area contributed by atoms with Crippen molar-refractivity contribution in [2.24, 2.45) is 0 Å². The first-order valence-electron chi connectivity index (χ1n) is 11.3. The van der Waals surface area contributed by atoms with Gasteiger partial charge in [-0.3, -0.25) is 14.2 Å². The molecule has 1 unspecified atom stereocenters. The van der Waals surface area contributed by atoms with Gasteiger partial charge in [0.1, 0.15) is 23.3 Å². The van der Waals surface area contributed by atoms with Gasteiger partial charge >= 0.3 is 0 Å². The van der Waals surface area contributed by atoms with Crippen molar-refractivity contribution >= 4 is 22.7 Å². The van der Waals surface area contributed by atoms with Crippen molar-refractivity contribution in [3.8, 4) is 5.75 Å². The Hall–Kier alpha value is -3.93. The highest BCUT2D eigenvalue weighted by atomic mass is 19.1. The SMILES string of the molecule is COc1ccc(CN2C(=O)c3cc4cc(F)ccc4n3C(=O)C2c2ccc(C(C)C)cc2)cc1. The zero-order valence-corrected chi connectivity index (χ0v) is 19.3. The summed E-state index contributed by atoms with van der Waals surface area (Å²) in [5.74, 6) is 0.147. The van der Waals surface area contributed by atoms with Gasteiger partial charge in [-0.25, -0.2) is 4.39 Å². The van der Waals surface area contributed by atoms with E-state index in [-0.39, 0.29) is 24.1 Å². The predicted molar refractivity (Wildman–Crippen MR) is 129 cm³/mol. The Morgan fingerprint density at radius 3 is 2.29 bits per heavy atom. The first kappa shape index (κ1) is 21.9. The molecule has 0 aliphatic carbocycles. The molecular weight excluding hydrogens is 431 g/mol. The summed E-state index contributed by atoms with van der Waals surface area (Å²) in [4.78, 5) is 29.2. The number of benzene rings is 3. The Morgan fingerprint density at radius 1 is 0.941 bits per heavy atom. The fourth-order valence-corrected chi connectivity index (χ4v) is 4.58. The summed E-state index contributed by atoms with van der Waals surface area (Å²) in [6.45, 7) is 4.47. The molecule has 0 spiro atoms. The topological polar surface area (TPSA) is 51.5 Å². The number of carbonyl (C=O) groups excluding carboxylic acids is 2. The molecule has 2 heterocycles. The summed E-state index contributed by atoms with van der Waals surface area (Å²) < 4.78 is 20.5. The monoisotopic (exact) mass is 456 g/mol. The Bertz CT molecular complexity index is 1390. The minimum Gasteiger partial charge on any atom is -0.497 e. The van der Waals surface area contributed by atoms with Crippen molar-refractivity contribution in [3.05, 3.63) is 101 Å². The van der Waals surface area contributed by atoms with E-state index in [9.17, 15) is 14.0 Å². The lowest BCUT2D eigenvalue weighted by atomic mass is 9.96. The normalized spacial score (nSPS) is 15.8. The van der Waals surface area contributed by atoms with E-state index in [1.165, 1.54) is 16.7 Å². The molecular formula is C28H25FN2O3. The molecule has 0 fully saturated rings. The number of ether oxygens (including phenoxy) is 1. The van der Waals surface area contributed by atoms with Crippen LogP contribution in [0.4, 0.5) is 4.39 Å². The van der Waals surface area contributed by atoms with E-state index in [0.29, 0.717) is 22.6 Å². The van der Waals surface area contributed by atoms with Crippen LogP contribution in [0.1, 0.15) is 57.8 Å². The van der Waals surface area contributed by atoms with E-state index >= 15 is 0 Å². The van der Waals surface area contributed by atoms with E-state index in [1.807, 2.05) is 48.5 Å². The fraction of sp³-hybridized carbons (Fsp3) is 0.214. The first-order chi connectivity index (χ1) is 16.4. The van der Waals surface area contributed by atoms with Crippen LogP contribution in [0.2, 0.25) is 0 Å². The Labute approximate surface area is 197 Å². The number of methoxy groups -OCH3 is 1. The van der Waals surface area contributed by atoms with Crippen molar-refractivity contribution in [2.75, 3.05) is 7.11 Å². The van der Waals surface area contributed by atoms with Gasteiger partial charge in [0, 0.05) is 11.9 Å². The van der Waals surface area contributed by atoms with Crippen molar-refractivity contribution in [1.29, 1.82) is 0 Å². The lowest BCUT2D eigenvalue weighted by Gasteiger charge is -2.36. The van der Waals surface area contributed by atoms with E-state index in [0.717, 1.165) is 16.7 Å². The average Bonchev–Trinajstić information content (AvgIpc) is 3.22. The number of aromatic nitrogens is 1. The van der Waals surface area contributed by atoms with Crippen LogP contribution >= 0.6 is 0 Å². The second-order valence-electron chi connectivity index (χ2n) is 8.91. The number of halogens is 1. The van der Waals surface area contributed by atoms with Gasteiger partial charge in [-0.2, -0.15) is 0 Å². The Morgan fingerprint density at radius 2 is 1.65 bits per heavy atom. The third-order valence-corrected chi connectivity index (χ3v) is 6.44. The molecule has 6 heteroatoms. The molecule has 1 aliphatic rings. The van der Waals surface area contributed by atoms with Crippen molar-refractivity contribution in [2.45, 2.75) is 32.4 Å². The molecule has 0 radical (unpaired) electrons. The van der Waals surface area contributed by atoms with Crippen LogP contribution in [-0.4, -0.2) is 28.4 Å². The van der Waals surface area contributed by atoms with E-state index < -0.39 is 11.9 Å². The van der Waals surface area contributed by atoms with Crippen LogP contribution in [0.25, 0.3) is 10.9 Å². The van der Waals surface area contributed by atoms with Crippen molar-refractivity contribution < 1.29 is 18.7 Å². The van der Waals surface area contributed by atoms with Crippen LogP contribution in [0.5, 0.6) is 5.75 Å².